The molecule has 0 amide bonds. The molecule has 6 heteroatoms. The van der Waals surface area contributed by atoms with Gasteiger partial charge >= 0.3 is 5.97 Å². The number of allylic oxidation sites excluding steroid dienone is 4. The molecule has 6 nitrogen and oxygen atoms in total. The first-order chi connectivity index (χ1) is 13.7. The smallest absolute Gasteiger partial charge is 0.339 e. The molecule has 0 aromatic rings. The summed E-state index contributed by atoms with van der Waals surface area (Å²) in [7, 11) is 0. The summed E-state index contributed by atoms with van der Waals surface area (Å²) in [6, 6.07) is 0. The average molecular weight is 400 g/mol. The molecule has 0 bridgehead atoms. The van der Waals surface area contributed by atoms with Gasteiger partial charge < -0.3 is 14.9 Å². The molecule has 0 spiro atoms. The fraction of sp³-hybridized carbons (Fsp3) is 0.435. The van der Waals surface area contributed by atoms with E-state index in [2.05, 4.69) is 6.92 Å². The molecule has 1 atom stereocenters. The predicted octanol–water partition coefficient (Wildman–Crippen LogP) is 3.93. The quantitative estimate of drug-likeness (QED) is 0.263. The van der Waals surface area contributed by atoms with Gasteiger partial charge in [-0.25, -0.2) is 4.79 Å². The van der Waals surface area contributed by atoms with Gasteiger partial charge in [0.25, 0.3) is 0 Å². The van der Waals surface area contributed by atoms with Crippen LogP contribution in [0.4, 0.5) is 0 Å². The van der Waals surface area contributed by atoms with Gasteiger partial charge in [0.15, 0.2) is 11.4 Å². The number of aliphatic hydroxyl groups is 1. The van der Waals surface area contributed by atoms with Crippen LogP contribution in [0.3, 0.4) is 0 Å². The summed E-state index contributed by atoms with van der Waals surface area (Å²) in [5.74, 6) is -2.25. The lowest BCUT2D eigenvalue weighted by atomic mass is 9.75. The zero-order chi connectivity index (χ0) is 21.6. The molecular formula is C23H28O6. The van der Waals surface area contributed by atoms with Gasteiger partial charge in [-0.15, -0.1) is 0 Å². The molecule has 2 N–H and O–H groups in total. The number of hydrogen-bond acceptors (Lipinski definition) is 5. The number of carbonyl (C=O) groups is 3. The third-order valence-electron chi connectivity index (χ3n) is 5.03. The summed E-state index contributed by atoms with van der Waals surface area (Å²) in [5, 5.41) is 20.5. The van der Waals surface area contributed by atoms with Gasteiger partial charge in [-0.1, -0.05) is 38.7 Å². The van der Waals surface area contributed by atoms with E-state index in [4.69, 9.17) is 4.74 Å². The molecule has 0 unspecified atom stereocenters. The Morgan fingerprint density at radius 1 is 1.17 bits per heavy atom. The van der Waals surface area contributed by atoms with Crippen molar-refractivity contribution in [2.24, 2.45) is 0 Å². The van der Waals surface area contributed by atoms with Gasteiger partial charge in [0.1, 0.15) is 17.6 Å². The number of ketones is 2. The fourth-order valence-electron chi connectivity index (χ4n) is 3.41. The van der Waals surface area contributed by atoms with Crippen LogP contribution in [0, 0.1) is 0 Å². The molecule has 2 aliphatic rings. The van der Waals surface area contributed by atoms with Crippen molar-refractivity contribution >= 4 is 17.5 Å². The molecular weight excluding hydrogens is 372 g/mol. The van der Waals surface area contributed by atoms with Crippen LogP contribution < -0.4 is 0 Å². The van der Waals surface area contributed by atoms with Crippen molar-refractivity contribution < 1.29 is 29.3 Å². The normalized spacial score (nSPS) is 23.0. The molecule has 1 heterocycles. The molecule has 0 aromatic carbocycles. The van der Waals surface area contributed by atoms with Crippen molar-refractivity contribution in [1.82, 2.24) is 0 Å². The zero-order valence-corrected chi connectivity index (χ0v) is 17.2. The summed E-state index contributed by atoms with van der Waals surface area (Å²) in [5.41, 5.74) is -2.29. The molecule has 0 saturated carbocycles. The van der Waals surface area contributed by atoms with E-state index in [1.807, 2.05) is 6.92 Å². The number of rotatable bonds is 9. The number of Topliss-reactive ketones (excluding diaryl/α,β-unsaturated/α-hetero) is 2. The Hall–Kier alpha value is -2.73. The molecule has 29 heavy (non-hydrogen) atoms. The van der Waals surface area contributed by atoms with Crippen molar-refractivity contribution in [2.45, 2.75) is 64.9 Å². The number of ether oxygens (including phenoxy) is 1. The van der Waals surface area contributed by atoms with Gasteiger partial charge in [0, 0.05) is 12.0 Å². The van der Waals surface area contributed by atoms with Crippen LogP contribution in [0.1, 0.15) is 59.3 Å². The van der Waals surface area contributed by atoms with Gasteiger partial charge in [0.2, 0.25) is 5.78 Å². The Morgan fingerprint density at radius 3 is 2.48 bits per heavy atom. The summed E-state index contributed by atoms with van der Waals surface area (Å²) in [6.07, 6.45) is 12.2. The number of carboxylic acids is 1. The highest BCUT2D eigenvalue weighted by molar-refractivity contribution is 6.20. The van der Waals surface area contributed by atoms with E-state index in [1.54, 1.807) is 18.2 Å². The molecule has 2 rings (SSSR count). The zero-order valence-electron chi connectivity index (χ0n) is 17.2. The van der Waals surface area contributed by atoms with Crippen molar-refractivity contribution in [3.63, 3.8) is 0 Å². The van der Waals surface area contributed by atoms with Crippen molar-refractivity contribution in [2.75, 3.05) is 0 Å². The van der Waals surface area contributed by atoms with E-state index in [-0.39, 0.29) is 17.6 Å². The first-order valence-electron chi connectivity index (χ1n) is 9.95. The van der Waals surface area contributed by atoms with Gasteiger partial charge in [-0.05, 0) is 44.1 Å². The summed E-state index contributed by atoms with van der Waals surface area (Å²) in [6.45, 7) is 5.10. The second-order valence-electron chi connectivity index (χ2n) is 7.38. The minimum absolute atomic E-state index is 0.0633. The Bertz CT molecular complexity index is 849. The fourth-order valence-corrected chi connectivity index (χ4v) is 3.41. The number of hydrogen-bond donors (Lipinski definition) is 2. The molecule has 0 saturated heterocycles. The van der Waals surface area contributed by atoms with Crippen LogP contribution in [-0.2, 0) is 19.1 Å². The van der Waals surface area contributed by atoms with E-state index in [9.17, 15) is 24.6 Å². The highest BCUT2D eigenvalue weighted by Gasteiger charge is 2.44. The molecule has 0 aromatic heterocycles. The number of carboxylic acid groups (broad SMARTS) is 1. The maximum absolute atomic E-state index is 12.8. The summed E-state index contributed by atoms with van der Waals surface area (Å²) in [4.78, 5) is 37.4. The third kappa shape index (κ3) is 5.01. The van der Waals surface area contributed by atoms with Crippen LogP contribution in [0.15, 0.2) is 58.6 Å². The Balaban J connectivity index is 2.45. The SMILES string of the molecule is C/C=C/C1=CC2=C/C(=C(/C(=O)O)C(=O)CCCCCCC)[C@@](C)(O)C(=O)C2=CO1. The highest BCUT2D eigenvalue weighted by atomic mass is 16.5. The maximum atomic E-state index is 12.8. The number of unbranched alkanes of at least 4 members (excludes halogenated alkanes) is 4. The van der Waals surface area contributed by atoms with Gasteiger partial charge in [-0.3, -0.25) is 9.59 Å². The minimum atomic E-state index is -2.13. The second kappa shape index (κ2) is 9.65. The molecule has 156 valence electrons. The second-order valence-corrected chi connectivity index (χ2v) is 7.38. The summed E-state index contributed by atoms with van der Waals surface area (Å²) >= 11 is 0. The number of carbonyl (C=O) groups excluding carboxylic acids is 2. The topological polar surface area (TPSA) is 101 Å². The van der Waals surface area contributed by atoms with Crippen LogP contribution in [0.2, 0.25) is 0 Å². The Morgan fingerprint density at radius 2 is 1.86 bits per heavy atom. The van der Waals surface area contributed by atoms with Crippen molar-refractivity contribution in [3.05, 3.63) is 58.6 Å². The lowest BCUT2D eigenvalue weighted by molar-refractivity contribution is -0.135. The van der Waals surface area contributed by atoms with Gasteiger partial charge in [0.05, 0.1) is 5.57 Å². The molecule has 0 radical (unpaired) electrons. The van der Waals surface area contributed by atoms with E-state index in [0.717, 1.165) is 25.7 Å². The standard InChI is InChI=1S/C23H28O6/c1-4-6-7-8-9-11-19(24)20(22(26)27)18-13-15-12-16(10-5-2)29-14-17(15)21(25)23(18,3)28/h5,10,12-14,28H,4,6-9,11H2,1-3H3,(H,26,27)/b10-5+,20-18-/t23-/m1/s1. The first kappa shape index (κ1) is 22.6. The maximum Gasteiger partial charge on any atom is 0.339 e. The monoisotopic (exact) mass is 400 g/mol. The van der Waals surface area contributed by atoms with E-state index in [0.29, 0.717) is 17.8 Å². The highest BCUT2D eigenvalue weighted by Crippen LogP contribution is 2.38. The van der Waals surface area contributed by atoms with Crippen molar-refractivity contribution in [3.8, 4) is 0 Å². The number of aliphatic carboxylic acids is 1. The molecule has 1 aliphatic heterocycles. The van der Waals surface area contributed by atoms with Crippen LogP contribution in [0.25, 0.3) is 0 Å². The average Bonchev–Trinajstić information content (AvgIpc) is 2.66. The molecule has 0 fully saturated rings. The van der Waals surface area contributed by atoms with Crippen LogP contribution in [-0.4, -0.2) is 33.3 Å². The molecule has 1 aliphatic carbocycles. The summed E-state index contributed by atoms with van der Waals surface area (Å²) < 4.78 is 5.37. The minimum Gasteiger partial charge on any atom is -0.478 e. The predicted molar refractivity (Wildman–Crippen MR) is 109 cm³/mol. The Labute approximate surface area is 170 Å². The largest absolute Gasteiger partial charge is 0.478 e. The third-order valence-corrected chi connectivity index (χ3v) is 5.03. The van der Waals surface area contributed by atoms with E-state index >= 15 is 0 Å². The van der Waals surface area contributed by atoms with Gasteiger partial charge in [-0.2, -0.15) is 0 Å². The van der Waals surface area contributed by atoms with Crippen molar-refractivity contribution in [1.29, 1.82) is 0 Å². The van der Waals surface area contributed by atoms with Crippen LogP contribution in [0.5, 0.6) is 0 Å². The van der Waals surface area contributed by atoms with E-state index < -0.39 is 28.7 Å². The lowest BCUT2D eigenvalue weighted by Crippen LogP contribution is -2.43. The number of fused-ring (bicyclic) bond motifs is 1. The van der Waals surface area contributed by atoms with E-state index in [1.165, 1.54) is 19.3 Å². The Kier molecular flexibility index (Phi) is 7.51. The lowest BCUT2D eigenvalue weighted by Gasteiger charge is -2.32. The van der Waals surface area contributed by atoms with Crippen LogP contribution >= 0.6 is 0 Å². The first-order valence-corrected chi connectivity index (χ1v) is 9.95.